The summed E-state index contributed by atoms with van der Waals surface area (Å²) in [5.74, 6) is 3.49. The van der Waals surface area contributed by atoms with Crippen LogP contribution in [0.5, 0.6) is 0 Å². The van der Waals surface area contributed by atoms with E-state index in [9.17, 15) is 4.79 Å². The summed E-state index contributed by atoms with van der Waals surface area (Å²) in [5.41, 5.74) is 0.659. The van der Waals surface area contributed by atoms with E-state index in [1.54, 1.807) is 13.1 Å². The van der Waals surface area contributed by atoms with Crippen molar-refractivity contribution in [2.24, 2.45) is 7.05 Å². The lowest BCUT2D eigenvalue weighted by Crippen LogP contribution is -2.36. The highest BCUT2D eigenvalue weighted by atomic mass is 16.1. The Balaban J connectivity index is 1.46. The molecule has 7 nitrogen and oxygen atoms in total. The van der Waals surface area contributed by atoms with Gasteiger partial charge in [0, 0.05) is 37.8 Å². The molecule has 27 heavy (non-hydrogen) atoms. The molecular weight excluding hydrogens is 340 g/mol. The molecule has 7 heteroatoms. The fourth-order valence-corrected chi connectivity index (χ4v) is 4.19. The number of likely N-dealkylation sites (tertiary alicyclic amines) is 1. The molecule has 0 N–H and O–H groups in total. The molecule has 0 bridgehead atoms. The van der Waals surface area contributed by atoms with E-state index >= 15 is 0 Å². The molecule has 0 amide bonds. The molecule has 2 aromatic heterocycles. The van der Waals surface area contributed by atoms with Gasteiger partial charge in [0.2, 0.25) is 0 Å². The highest BCUT2D eigenvalue weighted by molar-refractivity contribution is 5.93. The number of carbonyl (C=O) groups excluding carboxylic acids is 1. The van der Waals surface area contributed by atoms with Crippen LogP contribution in [-0.2, 0) is 13.6 Å². The molecule has 2 fully saturated rings. The van der Waals surface area contributed by atoms with Crippen LogP contribution in [0.3, 0.4) is 0 Å². The summed E-state index contributed by atoms with van der Waals surface area (Å²) in [6.07, 6.45) is 6.49. The standard InChI is InChI=1S/C20H28N6O/c1-15(27)16-7-8-18(21-12-16)26-11-5-6-17(13-26)20-23-22-19(24(20)2)14-25-9-3-4-10-25/h7-8,12,17H,3-6,9-11,13-14H2,1-2H3/t17-/m0/s1. The van der Waals surface area contributed by atoms with Crippen molar-refractivity contribution in [2.75, 3.05) is 31.1 Å². The van der Waals surface area contributed by atoms with Gasteiger partial charge in [-0.05, 0) is 57.8 Å². The minimum atomic E-state index is 0.0511. The predicted octanol–water partition coefficient (Wildman–Crippen LogP) is 2.39. The maximum absolute atomic E-state index is 11.5. The second kappa shape index (κ2) is 7.76. The summed E-state index contributed by atoms with van der Waals surface area (Å²) >= 11 is 0. The van der Waals surface area contributed by atoms with Crippen LogP contribution in [0.25, 0.3) is 0 Å². The average Bonchev–Trinajstić information content (AvgIpc) is 3.33. The summed E-state index contributed by atoms with van der Waals surface area (Å²) < 4.78 is 2.19. The zero-order chi connectivity index (χ0) is 18.8. The molecule has 2 aliphatic rings. The van der Waals surface area contributed by atoms with E-state index in [0.29, 0.717) is 11.5 Å². The van der Waals surface area contributed by atoms with Gasteiger partial charge in [0.05, 0.1) is 6.54 Å². The summed E-state index contributed by atoms with van der Waals surface area (Å²) in [5, 5.41) is 9.02. The molecule has 0 unspecified atom stereocenters. The molecule has 1 atom stereocenters. The lowest BCUT2D eigenvalue weighted by atomic mass is 9.97. The molecule has 4 heterocycles. The molecule has 0 aromatic carbocycles. The first-order chi connectivity index (χ1) is 13.1. The first kappa shape index (κ1) is 18.1. The maximum Gasteiger partial charge on any atom is 0.161 e. The van der Waals surface area contributed by atoms with Crippen molar-refractivity contribution in [3.63, 3.8) is 0 Å². The smallest absolute Gasteiger partial charge is 0.161 e. The Kier molecular flexibility index (Phi) is 5.20. The summed E-state index contributed by atoms with van der Waals surface area (Å²) in [4.78, 5) is 20.7. The lowest BCUT2D eigenvalue weighted by molar-refractivity contribution is 0.101. The van der Waals surface area contributed by atoms with Crippen LogP contribution in [0.15, 0.2) is 18.3 Å². The zero-order valence-corrected chi connectivity index (χ0v) is 16.3. The molecule has 0 radical (unpaired) electrons. The molecule has 2 aliphatic heterocycles. The van der Waals surface area contributed by atoms with Crippen molar-refractivity contribution in [3.05, 3.63) is 35.5 Å². The van der Waals surface area contributed by atoms with Gasteiger partial charge in [-0.3, -0.25) is 9.69 Å². The minimum Gasteiger partial charge on any atom is -0.356 e. The third-order valence-corrected chi connectivity index (χ3v) is 5.83. The number of pyridine rings is 1. The van der Waals surface area contributed by atoms with Crippen LogP contribution >= 0.6 is 0 Å². The summed E-state index contributed by atoms with van der Waals surface area (Å²) in [6, 6.07) is 3.82. The predicted molar refractivity (Wildman–Crippen MR) is 104 cm³/mol. The Morgan fingerprint density at radius 1 is 1.15 bits per heavy atom. The Morgan fingerprint density at radius 3 is 2.67 bits per heavy atom. The molecule has 144 valence electrons. The van der Waals surface area contributed by atoms with Gasteiger partial charge in [0.15, 0.2) is 5.78 Å². The molecule has 2 saturated heterocycles. The van der Waals surface area contributed by atoms with Gasteiger partial charge in [0.1, 0.15) is 17.5 Å². The van der Waals surface area contributed by atoms with Crippen molar-refractivity contribution in [1.82, 2.24) is 24.6 Å². The number of aromatic nitrogens is 4. The molecule has 4 rings (SSSR count). The highest BCUT2D eigenvalue weighted by Gasteiger charge is 2.27. The molecule has 0 saturated carbocycles. The van der Waals surface area contributed by atoms with E-state index in [1.165, 1.54) is 25.9 Å². The maximum atomic E-state index is 11.5. The first-order valence-electron chi connectivity index (χ1n) is 9.94. The van der Waals surface area contributed by atoms with Crippen LogP contribution in [0.1, 0.15) is 60.5 Å². The van der Waals surface area contributed by atoms with Crippen LogP contribution in [0.2, 0.25) is 0 Å². The van der Waals surface area contributed by atoms with Gasteiger partial charge in [-0.1, -0.05) is 0 Å². The number of anilines is 1. The average molecular weight is 368 g/mol. The molecule has 2 aromatic rings. The molecule has 0 spiro atoms. The van der Waals surface area contributed by atoms with E-state index in [1.807, 2.05) is 12.1 Å². The van der Waals surface area contributed by atoms with Crippen molar-refractivity contribution in [2.45, 2.75) is 45.1 Å². The number of rotatable bonds is 5. The van der Waals surface area contributed by atoms with Crippen LogP contribution < -0.4 is 4.90 Å². The Bertz CT molecular complexity index is 793. The van der Waals surface area contributed by atoms with E-state index < -0.39 is 0 Å². The van der Waals surface area contributed by atoms with Crippen molar-refractivity contribution in [3.8, 4) is 0 Å². The highest BCUT2D eigenvalue weighted by Crippen LogP contribution is 2.28. The van der Waals surface area contributed by atoms with Crippen molar-refractivity contribution < 1.29 is 4.79 Å². The van der Waals surface area contributed by atoms with Gasteiger partial charge in [-0.25, -0.2) is 4.98 Å². The van der Waals surface area contributed by atoms with Gasteiger partial charge >= 0.3 is 0 Å². The van der Waals surface area contributed by atoms with E-state index in [2.05, 4.69) is 36.6 Å². The Labute approximate surface area is 160 Å². The van der Waals surface area contributed by atoms with Gasteiger partial charge in [0.25, 0.3) is 0 Å². The Hall–Kier alpha value is -2.28. The second-order valence-corrected chi connectivity index (χ2v) is 7.76. The number of piperidine rings is 1. The van der Waals surface area contributed by atoms with Gasteiger partial charge in [-0.15, -0.1) is 10.2 Å². The normalized spacial score (nSPS) is 21.0. The minimum absolute atomic E-state index is 0.0511. The molecular formula is C20H28N6O. The third-order valence-electron chi connectivity index (χ3n) is 5.83. The van der Waals surface area contributed by atoms with E-state index in [-0.39, 0.29) is 5.78 Å². The first-order valence-corrected chi connectivity index (χ1v) is 9.94. The SMILES string of the molecule is CC(=O)c1ccc(N2CCC[C@H](c3nnc(CN4CCCC4)n3C)C2)nc1. The van der Waals surface area contributed by atoms with Crippen LogP contribution in [0.4, 0.5) is 5.82 Å². The fourth-order valence-electron chi connectivity index (χ4n) is 4.19. The molecule has 0 aliphatic carbocycles. The Morgan fingerprint density at radius 2 is 1.96 bits per heavy atom. The number of Topliss-reactive ketones (excluding diaryl/α,β-unsaturated/α-hetero) is 1. The van der Waals surface area contributed by atoms with Crippen molar-refractivity contribution >= 4 is 11.6 Å². The monoisotopic (exact) mass is 368 g/mol. The van der Waals surface area contributed by atoms with Gasteiger partial charge < -0.3 is 9.47 Å². The van der Waals surface area contributed by atoms with Crippen molar-refractivity contribution in [1.29, 1.82) is 0 Å². The second-order valence-electron chi connectivity index (χ2n) is 7.76. The lowest BCUT2D eigenvalue weighted by Gasteiger charge is -2.33. The van der Waals surface area contributed by atoms with Crippen LogP contribution in [0, 0.1) is 0 Å². The number of carbonyl (C=O) groups is 1. The number of ketones is 1. The third kappa shape index (κ3) is 3.88. The topological polar surface area (TPSA) is 67.2 Å². The number of hydrogen-bond acceptors (Lipinski definition) is 6. The summed E-state index contributed by atoms with van der Waals surface area (Å²) in [6.45, 7) is 6.68. The fraction of sp³-hybridized carbons (Fsp3) is 0.600. The number of nitrogens with zero attached hydrogens (tertiary/aromatic N) is 6. The summed E-state index contributed by atoms with van der Waals surface area (Å²) in [7, 11) is 2.10. The number of hydrogen-bond donors (Lipinski definition) is 0. The largest absolute Gasteiger partial charge is 0.356 e. The van der Waals surface area contributed by atoms with Crippen LogP contribution in [-0.4, -0.2) is 56.6 Å². The van der Waals surface area contributed by atoms with E-state index in [4.69, 9.17) is 0 Å². The zero-order valence-electron chi connectivity index (χ0n) is 16.3. The van der Waals surface area contributed by atoms with E-state index in [0.717, 1.165) is 49.9 Å². The van der Waals surface area contributed by atoms with Gasteiger partial charge in [-0.2, -0.15) is 0 Å². The quantitative estimate of drug-likeness (QED) is 0.755.